The smallest absolute Gasteiger partial charge is 0.244 e. The van der Waals surface area contributed by atoms with E-state index in [0.717, 1.165) is 30.0 Å². The lowest BCUT2D eigenvalue weighted by Gasteiger charge is -2.23. The van der Waals surface area contributed by atoms with Gasteiger partial charge < -0.3 is 10.1 Å². The third-order valence-corrected chi connectivity index (χ3v) is 4.23. The molecule has 1 amide bonds. The number of nitrogens with zero attached hydrogens (tertiary/aromatic N) is 1. The first kappa shape index (κ1) is 16.6. The molecule has 0 bridgehead atoms. The van der Waals surface area contributed by atoms with Crippen LogP contribution in [-0.2, 0) is 4.79 Å². The van der Waals surface area contributed by atoms with Crippen LogP contribution in [0.2, 0.25) is 0 Å². The second-order valence-corrected chi connectivity index (χ2v) is 5.89. The van der Waals surface area contributed by atoms with Crippen LogP contribution in [0.15, 0.2) is 30.3 Å². The zero-order chi connectivity index (χ0) is 15.9. The number of benzene rings is 1. The maximum atomic E-state index is 12.0. The topological polar surface area (TPSA) is 41.6 Å². The Kier molecular flexibility index (Phi) is 6.01. The molecule has 1 N–H and O–H groups in total. The van der Waals surface area contributed by atoms with Gasteiger partial charge in [-0.2, -0.15) is 0 Å². The number of hydrogen-bond acceptors (Lipinski definition) is 3. The first-order valence-electron chi connectivity index (χ1n) is 7.95. The summed E-state index contributed by atoms with van der Waals surface area (Å²) in [7, 11) is 1.65. The minimum atomic E-state index is -0.0284. The number of carbonyl (C=O) groups excluding carboxylic acids is 1. The molecule has 0 aliphatic carbocycles. The molecule has 2 rings (SSSR count). The molecular weight excluding hydrogens is 276 g/mol. The monoisotopic (exact) mass is 302 g/mol. The van der Waals surface area contributed by atoms with E-state index in [1.807, 2.05) is 31.2 Å². The Labute approximate surface area is 133 Å². The largest absolute Gasteiger partial charge is 0.497 e. The van der Waals surface area contributed by atoms with E-state index in [0.29, 0.717) is 12.6 Å². The van der Waals surface area contributed by atoms with Crippen molar-refractivity contribution in [2.45, 2.75) is 32.7 Å². The maximum absolute atomic E-state index is 12.0. The lowest BCUT2D eigenvalue weighted by Crippen LogP contribution is -2.40. The first-order chi connectivity index (χ1) is 10.6. The molecule has 1 aromatic carbocycles. The molecule has 1 fully saturated rings. The van der Waals surface area contributed by atoms with Gasteiger partial charge in [-0.3, -0.25) is 9.69 Å². The number of rotatable bonds is 6. The molecule has 0 saturated carbocycles. The minimum Gasteiger partial charge on any atom is -0.497 e. The third kappa shape index (κ3) is 4.60. The summed E-state index contributed by atoms with van der Waals surface area (Å²) in [6.45, 7) is 7.12. The van der Waals surface area contributed by atoms with Gasteiger partial charge >= 0.3 is 0 Å². The Morgan fingerprint density at radius 2 is 1.95 bits per heavy atom. The molecule has 22 heavy (non-hydrogen) atoms. The zero-order valence-electron chi connectivity index (χ0n) is 13.8. The van der Waals surface area contributed by atoms with Gasteiger partial charge in [-0.1, -0.05) is 12.1 Å². The van der Waals surface area contributed by atoms with Crippen molar-refractivity contribution in [1.82, 2.24) is 10.2 Å². The SMILES string of the molecule is COc1ccc(/C(C)=C/C(=O)NCC(C)N2CCCC2)cc1. The number of nitrogens with one attached hydrogen (secondary N) is 1. The molecule has 1 aliphatic heterocycles. The van der Waals surface area contributed by atoms with Crippen molar-refractivity contribution >= 4 is 11.5 Å². The number of ether oxygens (including phenoxy) is 1. The predicted octanol–water partition coefficient (Wildman–Crippen LogP) is 2.70. The van der Waals surface area contributed by atoms with Crippen molar-refractivity contribution < 1.29 is 9.53 Å². The number of hydrogen-bond donors (Lipinski definition) is 1. The molecule has 1 aliphatic rings. The highest BCUT2D eigenvalue weighted by Gasteiger charge is 2.17. The van der Waals surface area contributed by atoms with Gasteiger partial charge in [0.05, 0.1) is 7.11 Å². The summed E-state index contributed by atoms with van der Waals surface area (Å²) in [4.78, 5) is 14.5. The van der Waals surface area contributed by atoms with Gasteiger partial charge in [0.15, 0.2) is 0 Å². The molecule has 1 saturated heterocycles. The molecule has 4 nitrogen and oxygen atoms in total. The first-order valence-corrected chi connectivity index (χ1v) is 7.95. The van der Waals surface area contributed by atoms with Gasteiger partial charge in [-0.15, -0.1) is 0 Å². The highest BCUT2D eigenvalue weighted by molar-refractivity contribution is 5.94. The highest BCUT2D eigenvalue weighted by Crippen LogP contribution is 2.18. The van der Waals surface area contributed by atoms with Crippen LogP contribution in [0, 0.1) is 0 Å². The second-order valence-electron chi connectivity index (χ2n) is 5.89. The number of carbonyl (C=O) groups is 1. The van der Waals surface area contributed by atoms with E-state index in [2.05, 4.69) is 17.1 Å². The molecule has 120 valence electrons. The van der Waals surface area contributed by atoms with E-state index in [9.17, 15) is 4.79 Å². The second kappa shape index (κ2) is 7.99. The van der Waals surface area contributed by atoms with Crippen molar-refractivity contribution in [2.24, 2.45) is 0 Å². The Morgan fingerprint density at radius 1 is 1.32 bits per heavy atom. The summed E-state index contributed by atoms with van der Waals surface area (Å²) in [5, 5.41) is 3.00. The van der Waals surface area contributed by atoms with Crippen LogP contribution >= 0.6 is 0 Å². The average molecular weight is 302 g/mol. The average Bonchev–Trinajstić information content (AvgIpc) is 3.07. The molecule has 1 heterocycles. The van der Waals surface area contributed by atoms with Gasteiger partial charge in [-0.25, -0.2) is 0 Å². The summed E-state index contributed by atoms with van der Waals surface area (Å²) in [5.74, 6) is 0.791. The Hall–Kier alpha value is -1.81. The fourth-order valence-electron chi connectivity index (χ4n) is 2.74. The van der Waals surface area contributed by atoms with Gasteiger partial charge in [0.2, 0.25) is 5.91 Å². The van der Waals surface area contributed by atoms with Crippen molar-refractivity contribution in [1.29, 1.82) is 0 Å². The van der Waals surface area contributed by atoms with Crippen LogP contribution in [-0.4, -0.2) is 43.6 Å². The van der Waals surface area contributed by atoms with E-state index in [-0.39, 0.29) is 5.91 Å². The van der Waals surface area contributed by atoms with Crippen molar-refractivity contribution in [3.63, 3.8) is 0 Å². The lowest BCUT2D eigenvalue weighted by atomic mass is 10.1. The highest BCUT2D eigenvalue weighted by atomic mass is 16.5. The van der Waals surface area contributed by atoms with Crippen LogP contribution in [0.1, 0.15) is 32.3 Å². The Balaban J connectivity index is 1.85. The minimum absolute atomic E-state index is 0.0284. The number of methoxy groups -OCH3 is 1. The molecule has 0 radical (unpaired) electrons. The molecular formula is C18H26N2O2. The molecule has 1 aromatic rings. The fraction of sp³-hybridized carbons (Fsp3) is 0.500. The van der Waals surface area contributed by atoms with Crippen molar-refractivity contribution in [3.8, 4) is 5.75 Å². The summed E-state index contributed by atoms with van der Waals surface area (Å²) >= 11 is 0. The molecule has 0 aromatic heterocycles. The lowest BCUT2D eigenvalue weighted by molar-refractivity contribution is -0.116. The van der Waals surface area contributed by atoms with Crippen LogP contribution in [0.25, 0.3) is 5.57 Å². The normalized spacial score (nSPS) is 17.3. The van der Waals surface area contributed by atoms with E-state index >= 15 is 0 Å². The summed E-state index contributed by atoms with van der Waals surface area (Å²) < 4.78 is 5.14. The van der Waals surface area contributed by atoms with Crippen LogP contribution in [0.4, 0.5) is 0 Å². The molecule has 4 heteroatoms. The number of amides is 1. The van der Waals surface area contributed by atoms with Gasteiger partial charge in [-0.05, 0) is 63.0 Å². The Bertz CT molecular complexity index is 516. The third-order valence-electron chi connectivity index (χ3n) is 4.23. The quantitative estimate of drug-likeness (QED) is 0.822. The standard InChI is InChI=1S/C18H26N2O2/c1-14(16-6-8-17(22-3)9-7-16)12-18(21)19-13-15(2)20-10-4-5-11-20/h6-9,12,15H,4-5,10-11,13H2,1-3H3,(H,19,21)/b14-12+. The maximum Gasteiger partial charge on any atom is 0.244 e. The van der Waals surface area contributed by atoms with Gasteiger partial charge in [0.25, 0.3) is 0 Å². The van der Waals surface area contributed by atoms with E-state index in [1.54, 1.807) is 13.2 Å². The van der Waals surface area contributed by atoms with Crippen molar-refractivity contribution in [3.05, 3.63) is 35.9 Å². The number of likely N-dealkylation sites (tertiary alicyclic amines) is 1. The fourth-order valence-corrected chi connectivity index (χ4v) is 2.74. The van der Waals surface area contributed by atoms with E-state index in [4.69, 9.17) is 4.74 Å². The Morgan fingerprint density at radius 3 is 2.55 bits per heavy atom. The van der Waals surface area contributed by atoms with Gasteiger partial charge in [0.1, 0.15) is 5.75 Å². The molecule has 1 atom stereocenters. The van der Waals surface area contributed by atoms with Crippen molar-refractivity contribution in [2.75, 3.05) is 26.7 Å². The van der Waals surface area contributed by atoms with Gasteiger partial charge in [0, 0.05) is 18.7 Å². The summed E-state index contributed by atoms with van der Waals surface area (Å²) in [6.07, 6.45) is 4.21. The molecule has 1 unspecified atom stereocenters. The zero-order valence-corrected chi connectivity index (χ0v) is 13.8. The predicted molar refractivity (Wildman–Crippen MR) is 89.9 cm³/mol. The van der Waals surface area contributed by atoms with Crippen LogP contribution in [0.5, 0.6) is 5.75 Å². The molecule has 0 spiro atoms. The van der Waals surface area contributed by atoms with Crippen LogP contribution in [0.3, 0.4) is 0 Å². The van der Waals surface area contributed by atoms with E-state index in [1.165, 1.54) is 12.8 Å². The summed E-state index contributed by atoms with van der Waals surface area (Å²) in [6, 6.07) is 8.14. The van der Waals surface area contributed by atoms with Crippen LogP contribution < -0.4 is 10.1 Å². The summed E-state index contributed by atoms with van der Waals surface area (Å²) in [5.41, 5.74) is 1.98. The number of allylic oxidation sites excluding steroid dienone is 1. The van der Waals surface area contributed by atoms with E-state index < -0.39 is 0 Å².